The standard InChI is InChI=1S/C36H41N3O3/c37-23-29-8-4-9-31(20-29)32-10-5-11-33(21-32)36-41-34(22-35(42-36)30-14-12-28(26-40)13-15-30)25-39-18-16-38(17-19-39)24-27-6-2-1-3-7-27/h1-15,20-21,34-36,40H,16-19,22-26,37H2/t34-,35+,36+/m1/s1. The summed E-state index contributed by atoms with van der Waals surface area (Å²) in [5.41, 5.74) is 13.7. The maximum atomic E-state index is 9.54. The Labute approximate surface area is 249 Å². The van der Waals surface area contributed by atoms with E-state index in [0.717, 1.165) is 79.1 Å². The van der Waals surface area contributed by atoms with E-state index in [-0.39, 0.29) is 18.8 Å². The maximum absolute atomic E-state index is 9.54. The van der Waals surface area contributed by atoms with Gasteiger partial charge in [0.15, 0.2) is 6.29 Å². The molecule has 6 nitrogen and oxygen atoms in total. The Hall–Kier alpha value is -3.36. The highest BCUT2D eigenvalue weighted by molar-refractivity contribution is 5.65. The zero-order chi connectivity index (χ0) is 28.7. The Balaban J connectivity index is 1.17. The smallest absolute Gasteiger partial charge is 0.184 e. The first-order valence-corrected chi connectivity index (χ1v) is 15.1. The Morgan fingerprint density at radius 2 is 1.36 bits per heavy atom. The van der Waals surface area contributed by atoms with Gasteiger partial charge in [0, 0.05) is 57.8 Å². The fraction of sp³-hybridized carbons (Fsp3) is 0.333. The number of aliphatic hydroxyl groups excluding tert-OH is 1. The number of hydrogen-bond donors (Lipinski definition) is 2. The zero-order valence-electron chi connectivity index (χ0n) is 24.1. The molecule has 0 bridgehead atoms. The SMILES string of the molecule is NCc1cccc(-c2cccc([C@H]3O[C@@H](CN4CCN(Cc5ccccc5)CC4)C[C@@H](c4ccc(CO)cc4)O3)c2)c1. The summed E-state index contributed by atoms with van der Waals surface area (Å²) in [7, 11) is 0. The van der Waals surface area contributed by atoms with Crippen LogP contribution in [0.4, 0.5) is 0 Å². The molecule has 6 rings (SSSR count). The number of nitrogens with zero attached hydrogens (tertiary/aromatic N) is 2. The number of ether oxygens (including phenoxy) is 2. The van der Waals surface area contributed by atoms with Gasteiger partial charge < -0.3 is 20.3 Å². The van der Waals surface area contributed by atoms with Crippen LogP contribution in [0, 0.1) is 0 Å². The van der Waals surface area contributed by atoms with Gasteiger partial charge in [-0.15, -0.1) is 0 Å². The molecule has 0 unspecified atom stereocenters. The maximum Gasteiger partial charge on any atom is 0.184 e. The molecule has 3 N–H and O–H groups in total. The van der Waals surface area contributed by atoms with E-state index in [4.69, 9.17) is 15.2 Å². The summed E-state index contributed by atoms with van der Waals surface area (Å²) in [6.07, 6.45) is 0.266. The molecule has 2 aliphatic heterocycles. The molecule has 0 saturated carbocycles. The lowest BCUT2D eigenvalue weighted by atomic mass is 9.98. The van der Waals surface area contributed by atoms with Gasteiger partial charge in [-0.05, 0) is 45.5 Å². The van der Waals surface area contributed by atoms with E-state index in [1.165, 1.54) is 5.56 Å². The summed E-state index contributed by atoms with van der Waals surface area (Å²) in [5, 5.41) is 9.54. The van der Waals surface area contributed by atoms with Crippen LogP contribution in [-0.2, 0) is 29.2 Å². The fourth-order valence-electron chi connectivity index (χ4n) is 6.04. The van der Waals surface area contributed by atoms with Crippen molar-refractivity contribution in [2.45, 2.75) is 44.6 Å². The molecule has 0 aromatic heterocycles. The van der Waals surface area contributed by atoms with Crippen molar-refractivity contribution in [1.29, 1.82) is 0 Å². The predicted octanol–water partition coefficient (Wildman–Crippen LogP) is 5.67. The summed E-state index contributed by atoms with van der Waals surface area (Å²) in [5.74, 6) is 0. The Morgan fingerprint density at radius 1 is 0.667 bits per heavy atom. The highest BCUT2D eigenvalue weighted by atomic mass is 16.7. The van der Waals surface area contributed by atoms with Crippen molar-refractivity contribution in [2.75, 3.05) is 32.7 Å². The molecule has 3 atom stereocenters. The number of nitrogens with two attached hydrogens (primary N) is 1. The van der Waals surface area contributed by atoms with Gasteiger partial charge in [0.05, 0.1) is 18.8 Å². The van der Waals surface area contributed by atoms with Crippen LogP contribution in [0.15, 0.2) is 103 Å². The molecule has 2 saturated heterocycles. The molecule has 2 fully saturated rings. The van der Waals surface area contributed by atoms with Crippen LogP contribution in [0.3, 0.4) is 0 Å². The van der Waals surface area contributed by atoms with Gasteiger partial charge in [-0.25, -0.2) is 0 Å². The summed E-state index contributed by atoms with van der Waals surface area (Å²) in [6, 6.07) is 35.7. The molecule has 0 amide bonds. The predicted molar refractivity (Wildman–Crippen MR) is 166 cm³/mol. The lowest BCUT2D eigenvalue weighted by Gasteiger charge is -2.41. The van der Waals surface area contributed by atoms with E-state index in [1.807, 2.05) is 12.1 Å². The van der Waals surface area contributed by atoms with E-state index in [1.54, 1.807) is 0 Å². The number of aliphatic hydroxyl groups is 1. The van der Waals surface area contributed by atoms with Gasteiger partial charge in [-0.1, -0.05) is 91.0 Å². The van der Waals surface area contributed by atoms with E-state index in [2.05, 4.69) is 101 Å². The van der Waals surface area contributed by atoms with Crippen LogP contribution in [-0.4, -0.2) is 53.7 Å². The average Bonchev–Trinajstić information content (AvgIpc) is 3.06. The molecule has 218 valence electrons. The zero-order valence-corrected chi connectivity index (χ0v) is 24.1. The van der Waals surface area contributed by atoms with Crippen molar-refractivity contribution in [2.24, 2.45) is 5.73 Å². The third-order valence-corrected chi connectivity index (χ3v) is 8.45. The molecule has 4 aromatic carbocycles. The van der Waals surface area contributed by atoms with Crippen LogP contribution >= 0.6 is 0 Å². The molecule has 2 heterocycles. The van der Waals surface area contributed by atoms with Crippen LogP contribution in [0.2, 0.25) is 0 Å². The van der Waals surface area contributed by atoms with Crippen LogP contribution < -0.4 is 5.73 Å². The average molecular weight is 564 g/mol. The minimum Gasteiger partial charge on any atom is -0.392 e. The normalized spacial score (nSPS) is 21.8. The second kappa shape index (κ2) is 13.7. The summed E-state index contributed by atoms with van der Waals surface area (Å²) >= 11 is 0. The number of piperazine rings is 1. The molecule has 42 heavy (non-hydrogen) atoms. The van der Waals surface area contributed by atoms with Crippen molar-refractivity contribution in [3.63, 3.8) is 0 Å². The topological polar surface area (TPSA) is 71.2 Å². The minimum atomic E-state index is -0.469. The van der Waals surface area contributed by atoms with Gasteiger partial charge in [0.1, 0.15) is 0 Å². The van der Waals surface area contributed by atoms with Crippen LogP contribution in [0.25, 0.3) is 11.1 Å². The van der Waals surface area contributed by atoms with Crippen LogP contribution in [0.1, 0.15) is 46.6 Å². The molecule has 2 aliphatic rings. The summed E-state index contributed by atoms with van der Waals surface area (Å²) < 4.78 is 13.3. The number of hydrogen-bond acceptors (Lipinski definition) is 6. The van der Waals surface area contributed by atoms with Gasteiger partial charge >= 0.3 is 0 Å². The van der Waals surface area contributed by atoms with Gasteiger partial charge in [0.25, 0.3) is 0 Å². The van der Waals surface area contributed by atoms with E-state index in [0.29, 0.717) is 6.54 Å². The van der Waals surface area contributed by atoms with Crippen LogP contribution in [0.5, 0.6) is 0 Å². The second-order valence-electron chi connectivity index (χ2n) is 11.4. The van der Waals surface area contributed by atoms with E-state index < -0.39 is 6.29 Å². The third-order valence-electron chi connectivity index (χ3n) is 8.45. The lowest BCUT2D eigenvalue weighted by Crippen LogP contribution is -2.49. The number of rotatable bonds is 9. The summed E-state index contributed by atoms with van der Waals surface area (Å²) in [4.78, 5) is 5.07. The van der Waals surface area contributed by atoms with Crippen molar-refractivity contribution in [3.8, 4) is 11.1 Å². The van der Waals surface area contributed by atoms with Crippen molar-refractivity contribution in [1.82, 2.24) is 9.80 Å². The molecule has 4 aromatic rings. The molecular formula is C36H41N3O3. The monoisotopic (exact) mass is 563 g/mol. The molecule has 0 spiro atoms. The van der Waals surface area contributed by atoms with E-state index >= 15 is 0 Å². The largest absolute Gasteiger partial charge is 0.392 e. The summed E-state index contributed by atoms with van der Waals surface area (Å²) in [6.45, 7) is 6.59. The molecular weight excluding hydrogens is 522 g/mol. The third kappa shape index (κ3) is 7.16. The van der Waals surface area contributed by atoms with Gasteiger partial charge in [-0.2, -0.15) is 0 Å². The first-order valence-electron chi connectivity index (χ1n) is 15.1. The Morgan fingerprint density at radius 3 is 2.10 bits per heavy atom. The van der Waals surface area contributed by atoms with E-state index in [9.17, 15) is 5.11 Å². The Bertz CT molecular complexity index is 1420. The molecule has 0 aliphatic carbocycles. The number of benzene rings is 4. The highest BCUT2D eigenvalue weighted by Crippen LogP contribution is 2.39. The molecule has 6 heteroatoms. The van der Waals surface area contributed by atoms with Crippen molar-refractivity contribution < 1.29 is 14.6 Å². The van der Waals surface area contributed by atoms with Crippen molar-refractivity contribution in [3.05, 3.63) is 131 Å². The minimum absolute atomic E-state index is 0.0363. The first kappa shape index (κ1) is 28.7. The van der Waals surface area contributed by atoms with Gasteiger partial charge in [-0.3, -0.25) is 9.80 Å². The first-order chi connectivity index (χ1) is 20.7. The highest BCUT2D eigenvalue weighted by Gasteiger charge is 2.34. The lowest BCUT2D eigenvalue weighted by molar-refractivity contribution is -0.253. The van der Waals surface area contributed by atoms with Crippen molar-refractivity contribution >= 4 is 0 Å². The fourth-order valence-corrected chi connectivity index (χ4v) is 6.04. The Kier molecular flexibility index (Phi) is 9.41. The van der Waals surface area contributed by atoms with Gasteiger partial charge in [0.2, 0.25) is 0 Å². The second-order valence-corrected chi connectivity index (χ2v) is 11.4. The molecule has 0 radical (unpaired) electrons. The quantitative estimate of drug-likeness (QED) is 0.274.